The van der Waals surface area contributed by atoms with E-state index in [1.54, 1.807) is 6.07 Å². The molecule has 0 bridgehead atoms. The van der Waals surface area contributed by atoms with Crippen LogP contribution >= 0.6 is 0 Å². The Balaban J connectivity index is 1.57. The zero-order valence-corrected chi connectivity index (χ0v) is 12.8. The molecule has 8 nitrogen and oxygen atoms in total. The van der Waals surface area contributed by atoms with Crippen molar-refractivity contribution >= 4 is 23.6 Å². The molecule has 0 aromatic carbocycles. The van der Waals surface area contributed by atoms with E-state index in [-0.39, 0.29) is 36.7 Å². The predicted molar refractivity (Wildman–Crippen MR) is 80.6 cm³/mol. The summed E-state index contributed by atoms with van der Waals surface area (Å²) in [5.74, 6) is -1.25. The molecule has 3 rings (SSSR count). The second kappa shape index (κ2) is 6.39. The quantitative estimate of drug-likeness (QED) is 0.831. The van der Waals surface area contributed by atoms with Crippen LogP contribution in [0.4, 0.5) is 5.82 Å². The number of hydrogen-bond donors (Lipinski definition) is 2. The van der Waals surface area contributed by atoms with E-state index in [0.29, 0.717) is 12.4 Å². The molecule has 1 atom stereocenters. The fourth-order valence-corrected chi connectivity index (χ4v) is 3.36. The zero-order valence-electron chi connectivity index (χ0n) is 12.8. The Morgan fingerprint density at radius 3 is 2.78 bits per heavy atom. The maximum absolute atomic E-state index is 12.3. The van der Waals surface area contributed by atoms with E-state index in [2.05, 4.69) is 10.4 Å². The van der Waals surface area contributed by atoms with Gasteiger partial charge in [-0.05, 0) is 12.8 Å². The third kappa shape index (κ3) is 3.52. The summed E-state index contributed by atoms with van der Waals surface area (Å²) in [7, 11) is 0. The molecule has 0 unspecified atom stereocenters. The van der Waals surface area contributed by atoms with E-state index in [4.69, 9.17) is 5.11 Å². The molecule has 2 aliphatic rings. The molecule has 2 amide bonds. The molecule has 124 valence electrons. The number of nitrogens with zero attached hydrogens (tertiary/aromatic N) is 3. The Morgan fingerprint density at radius 2 is 2.09 bits per heavy atom. The van der Waals surface area contributed by atoms with Crippen LogP contribution in [0.3, 0.4) is 0 Å². The van der Waals surface area contributed by atoms with Crippen molar-refractivity contribution in [3.8, 4) is 0 Å². The molecular formula is C15H20N4O4. The third-order valence-electron chi connectivity index (χ3n) is 4.48. The van der Waals surface area contributed by atoms with E-state index >= 15 is 0 Å². The predicted octanol–water partition coefficient (Wildman–Crippen LogP) is 0.697. The van der Waals surface area contributed by atoms with Crippen molar-refractivity contribution in [1.82, 2.24) is 14.7 Å². The SMILES string of the molecule is O=C(O)Cn1ccc(NC(=O)[C@@H]2CC(=O)N(C3CCCC3)C2)n1. The first-order valence-corrected chi connectivity index (χ1v) is 7.88. The normalized spacial score (nSPS) is 21.8. The van der Waals surface area contributed by atoms with Gasteiger partial charge < -0.3 is 15.3 Å². The van der Waals surface area contributed by atoms with Crippen LogP contribution in [0.25, 0.3) is 0 Å². The van der Waals surface area contributed by atoms with E-state index in [0.717, 1.165) is 25.7 Å². The average Bonchev–Trinajstić information content (AvgIpc) is 3.19. The van der Waals surface area contributed by atoms with Gasteiger partial charge in [-0.15, -0.1) is 0 Å². The van der Waals surface area contributed by atoms with Crippen LogP contribution in [-0.2, 0) is 20.9 Å². The topological polar surface area (TPSA) is 105 Å². The van der Waals surface area contributed by atoms with Crippen LogP contribution in [0.1, 0.15) is 32.1 Å². The molecule has 1 aromatic rings. The van der Waals surface area contributed by atoms with Crippen LogP contribution in [-0.4, -0.2) is 50.2 Å². The summed E-state index contributed by atoms with van der Waals surface area (Å²) in [5.41, 5.74) is 0. The van der Waals surface area contributed by atoms with Crippen LogP contribution in [0, 0.1) is 5.92 Å². The van der Waals surface area contributed by atoms with Gasteiger partial charge in [0.1, 0.15) is 6.54 Å². The van der Waals surface area contributed by atoms with Crippen LogP contribution in [0.2, 0.25) is 0 Å². The van der Waals surface area contributed by atoms with Crippen molar-refractivity contribution in [3.05, 3.63) is 12.3 Å². The van der Waals surface area contributed by atoms with Gasteiger partial charge in [0.25, 0.3) is 0 Å². The molecule has 1 saturated heterocycles. The number of carboxylic acid groups (broad SMARTS) is 1. The Labute approximate surface area is 133 Å². The maximum Gasteiger partial charge on any atom is 0.325 e. The Hall–Kier alpha value is -2.38. The molecule has 1 aromatic heterocycles. The summed E-state index contributed by atoms with van der Waals surface area (Å²) in [5, 5.41) is 15.4. The van der Waals surface area contributed by atoms with Gasteiger partial charge in [0, 0.05) is 31.3 Å². The standard InChI is InChI=1S/C15H20N4O4/c20-13-7-10(8-19(13)11-3-1-2-4-11)15(23)16-12-5-6-18(17-12)9-14(21)22/h5-6,10-11H,1-4,7-9H2,(H,21,22)(H,16,17,23)/t10-/m1/s1. The lowest BCUT2D eigenvalue weighted by atomic mass is 10.1. The molecule has 0 spiro atoms. The lowest BCUT2D eigenvalue weighted by molar-refractivity contribution is -0.138. The Kier molecular flexibility index (Phi) is 4.31. The van der Waals surface area contributed by atoms with Gasteiger partial charge in [-0.25, -0.2) is 0 Å². The van der Waals surface area contributed by atoms with Crippen molar-refractivity contribution < 1.29 is 19.5 Å². The molecular weight excluding hydrogens is 300 g/mol. The highest BCUT2D eigenvalue weighted by Crippen LogP contribution is 2.29. The molecule has 1 aliphatic carbocycles. The number of carbonyl (C=O) groups is 3. The van der Waals surface area contributed by atoms with Crippen LogP contribution < -0.4 is 5.32 Å². The third-order valence-corrected chi connectivity index (χ3v) is 4.48. The first-order valence-electron chi connectivity index (χ1n) is 7.88. The highest BCUT2D eigenvalue weighted by Gasteiger charge is 2.38. The minimum atomic E-state index is -1.00. The average molecular weight is 320 g/mol. The van der Waals surface area contributed by atoms with E-state index in [1.165, 1.54) is 10.9 Å². The summed E-state index contributed by atoms with van der Waals surface area (Å²) < 4.78 is 1.24. The van der Waals surface area contributed by atoms with Gasteiger partial charge in [-0.2, -0.15) is 5.10 Å². The minimum absolute atomic E-state index is 0.0495. The molecule has 2 heterocycles. The second-order valence-corrected chi connectivity index (χ2v) is 6.17. The van der Waals surface area contributed by atoms with E-state index < -0.39 is 5.97 Å². The number of carbonyl (C=O) groups excluding carboxylic acids is 2. The van der Waals surface area contributed by atoms with Gasteiger partial charge in [-0.1, -0.05) is 12.8 Å². The van der Waals surface area contributed by atoms with Crippen LogP contribution in [0.15, 0.2) is 12.3 Å². The van der Waals surface area contributed by atoms with Crippen molar-refractivity contribution in [1.29, 1.82) is 0 Å². The molecule has 2 fully saturated rings. The number of likely N-dealkylation sites (tertiary alicyclic amines) is 1. The first kappa shape index (κ1) is 15.5. The summed E-state index contributed by atoms with van der Waals surface area (Å²) in [6, 6.07) is 1.84. The molecule has 23 heavy (non-hydrogen) atoms. The largest absolute Gasteiger partial charge is 0.480 e. The van der Waals surface area contributed by atoms with Gasteiger partial charge >= 0.3 is 5.97 Å². The zero-order chi connectivity index (χ0) is 16.4. The van der Waals surface area contributed by atoms with Gasteiger partial charge in [0.15, 0.2) is 5.82 Å². The first-order chi connectivity index (χ1) is 11.0. The number of aromatic nitrogens is 2. The van der Waals surface area contributed by atoms with Gasteiger partial charge in [0.05, 0.1) is 5.92 Å². The van der Waals surface area contributed by atoms with Crippen molar-refractivity contribution in [2.24, 2.45) is 5.92 Å². The van der Waals surface area contributed by atoms with Crippen molar-refractivity contribution in [2.45, 2.75) is 44.7 Å². The molecule has 8 heteroatoms. The monoisotopic (exact) mass is 320 g/mol. The highest BCUT2D eigenvalue weighted by atomic mass is 16.4. The minimum Gasteiger partial charge on any atom is -0.480 e. The fourth-order valence-electron chi connectivity index (χ4n) is 3.36. The highest BCUT2D eigenvalue weighted by molar-refractivity contribution is 5.96. The summed E-state index contributed by atoms with van der Waals surface area (Å²) in [4.78, 5) is 36.9. The molecule has 1 saturated carbocycles. The number of hydrogen-bond acceptors (Lipinski definition) is 4. The summed E-state index contributed by atoms with van der Waals surface area (Å²) in [6.07, 6.45) is 6.07. The molecule has 2 N–H and O–H groups in total. The van der Waals surface area contributed by atoms with Crippen molar-refractivity contribution in [3.63, 3.8) is 0 Å². The van der Waals surface area contributed by atoms with Gasteiger partial charge in [-0.3, -0.25) is 19.1 Å². The number of anilines is 1. The number of carboxylic acids is 1. The summed E-state index contributed by atoms with van der Waals surface area (Å²) >= 11 is 0. The van der Waals surface area contributed by atoms with Gasteiger partial charge in [0.2, 0.25) is 11.8 Å². The Morgan fingerprint density at radius 1 is 1.35 bits per heavy atom. The lowest BCUT2D eigenvalue weighted by Crippen LogP contribution is -2.35. The van der Waals surface area contributed by atoms with Crippen molar-refractivity contribution in [2.75, 3.05) is 11.9 Å². The smallest absolute Gasteiger partial charge is 0.325 e. The number of rotatable bonds is 5. The maximum atomic E-state index is 12.3. The number of aliphatic carboxylic acids is 1. The fraction of sp³-hybridized carbons (Fsp3) is 0.600. The lowest BCUT2D eigenvalue weighted by Gasteiger charge is -2.23. The molecule has 0 radical (unpaired) electrons. The van der Waals surface area contributed by atoms with Crippen LogP contribution in [0.5, 0.6) is 0 Å². The molecule has 1 aliphatic heterocycles. The number of nitrogens with one attached hydrogen (secondary N) is 1. The van der Waals surface area contributed by atoms with E-state index in [9.17, 15) is 14.4 Å². The number of amides is 2. The second-order valence-electron chi connectivity index (χ2n) is 6.17. The van der Waals surface area contributed by atoms with E-state index in [1.807, 2.05) is 4.90 Å². The Bertz CT molecular complexity index is 621. The summed E-state index contributed by atoms with van der Waals surface area (Å²) in [6.45, 7) is 0.207.